The maximum Gasteiger partial charge on any atom is 0.0469 e. The van der Waals surface area contributed by atoms with Crippen LogP contribution in [0.15, 0.2) is 30.5 Å². The number of fused-ring (bicyclic) bond motifs is 1. The van der Waals surface area contributed by atoms with E-state index < -0.39 is 0 Å². The number of benzene rings is 1. The first kappa shape index (κ1) is 19.5. The number of hydrogen-bond acceptors (Lipinski definition) is 3. The van der Waals surface area contributed by atoms with Crippen LogP contribution in [0, 0.1) is 5.92 Å². The van der Waals surface area contributed by atoms with E-state index in [-0.39, 0.29) is 24.8 Å². The molecule has 0 unspecified atom stereocenters. The number of aromatic amines is 1. The first-order valence-corrected chi connectivity index (χ1v) is 8.52. The summed E-state index contributed by atoms with van der Waals surface area (Å²) < 4.78 is 5.61. The quantitative estimate of drug-likeness (QED) is 0.868. The average Bonchev–Trinajstić information content (AvgIpc) is 3.07. The molecular formula is C18H27Cl2N3O. The highest BCUT2D eigenvalue weighted by Crippen LogP contribution is 2.38. The Morgan fingerprint density at radius 2 is 1.79 bits per heavy atom. The molecule has 4 nitrogen and oxygen atoms in total. The number of ether oxygens (including phenoxy) is 1. The summed E-state index contributed by atoms with van der Waals surface area (Å²) in [6.45, 7) is 6.31. The summed E-state index contributed by atoms with van der Waals surface area (Å²) in [5, 5.41) is 4.87. The molecule has 2 saturated heterocycles. The normalized spacial score (nSPS) is 21.0. The third-order valence-electron chi connectivity index (χ3n) is 5.20. The van der Waals surface area contributed by atoms with Crippen LogP contribution in [0.5, 0.6) is 0 Å². The van der Waals surface area contributed by atoms with Gasteiger partial charge in [-0.1, -0.05) is 12.1 Å². The molecule has 1 atom stereocenters. The summed E-state index contributed by atoms with van der Waals surface area (Å²) in [5.74, 6) is 0.701. The van der Waals surface area contributed by atoms with Gasteiger partial charge in [0.25, 0.3) is 0 Å². The zero-order chi connectivity index (χ0) is 14.8. The van der Waals surface area contributed by atoms with Crippen LogP contribution in [-0.4, -0.2) is 49.3 Å². The van der Waals surface area contributed by atoms with Crippen LogP contribution in [0.4, 0.5) is 0 Å². The van der Waals surface area contributed by atoms with Crippen molar-refractivity contribution in [3.05, 3.63) is 36.0 Å². The SMILES string of the molecule is Cl.Cl.c1cc([C@H](C2CCOCC2)N2CCNCC2)c2cc[nH]c2c1. The van der Waals surface area contributed by atoms with Crippen molar-refractivity contribution in [2.24, 2.45) is 5.92 Å². The van der Waals surface area contributed by atoms with Crippen LogP contribution in [0.3, 0.4) is 0 Å². The highest BCUT2D eigenvalue weighted by molar-refractivity contribution is 5.85. The molecule has 6 heteroatoms. The van der Waals surface area contributed by atoms with Gasteiger partial charge >= 0.3 is 0 Å². The molecular weight excluding hydrogens is 345 g/mol. The molecule has 1 aromatic carbocycles. The van der Waals surface area contributed by atoms with Gasteiger partial charge in [-0.25, -0.2) is 0 Å². The lowest BCUT2D eigenvalue weighted by Crippen LogP contribution is -2.47. The van der Waals surface area contributed by atoms with Crippen LogP contribution < -0.4 is 5.32 Å². The van der Waals surface area contributed by atoms with E-state index >= 15 is 0 Å². The summed E-state index contributed by atoms with van der Waals surface area (Å²) in [6, 6.07) is 9.46. The third-order valence-corrected chi connectivity index (χ3v) is 5.20. The Hall–Kier alpha value is -0.780. The predicted molar refractivity (Wildman–Crippen MR) is 104 cm³/mol. The van der Waals surface area contributed by atoms with Gasteiger partial charge in [0.15, 0.2) is 0 Å². The van der Waals surface area contributed by atoms with Gasteiger partial charge in [0.2, 0.25) is 0 Å². The van der Waals surface area contributed by atoms with Crippen LogP contribution in [-0.2, 0) is 4.74 Å². The van der Waals surface area contributed by atoms with Gasteiger partial charge in [-0.2, -0.15) is 0 Å². The zero-order valence-electron chi connectivity index (χ0n) is 13.9. The summed E-state index contributed by atoms with van der Waals surface area (Å²) in [5.41, 5.74) is 2.75. The Morgan fingerprint density at radius 1 is 1.04 bits per heavy atom. The second-order valence-electron chi connectivity index (χ2n) is 6.47. The van der Waals surface area contributed by atoms with Crippen molar-refractivity contribution in [3.63, 3.8) is 0 Å². The van der Waals surface area contributed by atoms with Crippen molar-refractivity contribution in [3.8, 4) is 0 Å². The predicted octanol–water partition coefficient (Wildman–Crippen LogP) is 3.38. The topological polar surface area (TPSA) is 40.3 Å². The van der Waals surface area contributed by atoms with E-state index in [1.54, 1.807) is 0 Å². The summed E-state index contributed by atoms with van der Waals surface area (Å²) >= 11 is 0. The number of H-pyrrole nitrogens is 1. The lowest BCUT2D eigenvalue weighted by Gasteiger charge is -2.41. The monoisotopic (exact) mass is 371 g/mol. The van der Waals surface area contributed by atoms with E-state index in [4.69, 9.17) is 4.74 Å². The van der Waals surface area contributed by atoms with Gasteiger partial charge in [-0.15, -0.1) is 24.8 Å². The second-order valence-corrected chi connectivity index (χ2v) is 6.47. The maximum absolute atomic E-state index is 5.61. The van der Waals surface area contributed by atoms with Crippen molar-refractivity contribution >= 4 is 35.7 Å². The second kappa shape index (κ2) is 9.07. The van der Waals surface area contributed by atoms with Crippen molar-refractivity contribution in [2.45, 2.75) is 18.9 Å². The van der Waals surface area contributed by atoms with Crippen molar-refractivity contribution in [2.75, 3.05) is 39.4 Å². The number of aromatic nitrogens is 1. The molecule has 2 aromatic rings. The van der Waals surface area contributed by atoms with Crippen molar-refractivity contribution in [1.82, 2.24) is 15.2 Å². The fourth-order valence-corrected chi connectivity index (χ4v) is 4.11. The maximum atomic E-state index is 5.61. The van der Waals surface area contributed by atoms with E-state index in [1.807, 2.05) is 0 Å². The summed E-state index contributed by atoms with van der Waals surface area (Å²) in [6.07, 6.45) is 4.41. The highest BCUT2D eigenvalue weighted by atomic mass is 35.5. The van der Waals surface area contributed by atoms with Crippen LogP contribution in [0.2, 0.25) is 0 Å². The van der Waals surface area contributed by atoms with E-state index in [0.29, 0.717) is 12.0 Å². The minimum Gasteiger partial charge on any atom is -0.381 e. The number of nitrogens with one attached hydrogen (secondary N) is 2. The fourth-order valence-electron chi connectivity index (χ4n) is 4.11. The number of nitrogens with zero attached hydrogens (tertiary/aromatic N) is 1. The molecule has 0 spiro atoms. The third kappa shape index (κ3) is 3.89. The van der Waals surface area contributed by atoms with Gasteiger partial charge in [-0.05, 0) is 36.5 Å². The molecule has 0 saturated carbocycles. The first-order valence-electron chi connectivity index (χ1n) is 8.52. The molecule has 24 heavy (non-hydrogen) atoms. The smallest absolute Gasteiger partial charge is 0.0469 e. The van der Waals surface area contributed by atoms with E-state index in [0.717, 1.165) is 39.4 Å². The van der Waals surface area contributed by atoms with Crippen LogP contribution >= 0.6 is 24.8 Å². The number of rotatable bonds is 3. The Morgan fingerprint density at radius 3 is 2.54 bits per heavy atom. The standard InChI is InChI=1S/C18H25N3O.2ClH/c1-2-16(15-4-7-20-17(15)3-1)18(14-5-12-22-13-6-14)21-10-8-19-9-11-21;;/h1-4,7,14,18-20H,5-6,8-13H2;2*1H/t18-;;/m0../s1. The number of piperazine rings is 1. The lowest BCUT2D eigenvalue weighted by molar-refractivity contribution is 0.0217. The van der Waals surface area contributed by atoms with Gasteiger partial charge in [0.1, 0.15) is 0 Å². The summed E-state index contributed by atoms with van der Waals surface area (Å²) in [4.78, 5) is 6.05. The van der Waals surface area contributed by atoms with Crippen molar-refractivity contribution < 1.29 is 4.74 Å². The minimum absolute atomic E-state index is 0. The molecule has 3 heterocycles. The van der Waals surface area contributed by atoms with Gasteiger partial charge in [0.05, 0.1) is 0 Å². The first-order chi connectivity index (χ1) is 10.9. The highest BCUT2D eigenvalue weighted by Gasteiger charge is 2.32. The molecule has 0 amide bonds. The molecule has 0 radical (unpaired) electrons. The van der Waals surface area contributed by atoms with Gasteiger partial charge in [-0.3, -0.25) is 4.90 Å². The minimum atomic E-state index is 0. The molecule has 0 aliphatic carbocycles. The average molecular weight is 372 g/mol. The molecule has 0 bridgehead atoms. The fraction of sp³-hybridized carbons (Fsp3) is 0.556. The molecule has 2 fully saturated rings. The lowest BCUT2D eigenvalue weighted by atomic mass is 9.84. The Balaban J connectivity index is 0.00000104. The number of hydrogen-bond donors (Lipinski definition) is 2. The van der Waals surface area contributed by atoms with E-state index in [2.05, 4.69) is 45.7 Å². The van der Waals surface area contributed by atoms with Crippen LogP contribution in [0.25, 0.3) is 10.9 Å². The van der Waals surface area contributed by atoms with Crippen LogP contribution in [0.1, 0.15) is 24.4 Å². The molecule has 2 aliphatic rings. The molecule has 2 aliphatic heterocycles. The molecule has 2 N–H and O–H groups in total. The largest absolute Gasteiger partial charge is 0.381 e. The Labute approximate surface area is 156 Å². The molecule has 1 aromatic heterocycles. The number of halogens is 2. The van der Waals surface area contributed by atoms with E-state index in [1.165, 1.54) is 29.3 Å². The Kier molecular flexibility index (Phi) is 7.38. The van der Waals surface area contributed by atoms with E-state index in [9.17, 15) is 0 Å². The van der Waals surface area contributed by atoms with Crippen molar-refractivity contribution in [1.29, 1.82) is 0 Å². The summed E-state index contributed by atoms with van der Waals surface area (Å²) in [7, 11) is 0. The zero-order valence-corrected chi connectivity index (χ0v) is 15.5. The molecule has 134 valence electrons. The molecule has 4 rings (SSSR count). The van der Waals surface area contributed by atoms with Gasteiger partial charge in [0, 0.05) is 62.5 Å². The Bertz CT molecular complexity index is 604. The van der Waals surface area contributed by atoms with Gasteiger partial charge < -0.3 is 15.0 Å².